The Bertz CT molecular complexity index is 458. The lowest BCUT2D eigenvalue weighted by Crippen LogP contribution is -2.43. The molecular weight excluding hydrogens is 257 g/mol. The van der Waals surface area contributed by atoms with Gasteiger partial charge in [-0.2, -0.15) is 0 Å². The highest BCUT2D eigenvalue weighted by Gasteiger charge is 2.27. The van der Waals surface area contributed by atoms with Crippen molar-refractivity contribution < 1.29 is 9.18 Å². The van der Waals surface area contributed by atoms with Gasteiger partial charge in [0.15, 0.2) is 5.82 Å². The molecule has 1 amide bonds. The molecular formula is C15H22FN3O. The van der Waals surface area contributed by atoms with Gasteiger partial charge in [0.05, 0.1) is 11.8 Å². The first-order valence-corrected chi connectivity index (χ1v) is 7.23. The van der Waals surface area contributed by atoms with Crippen molar-refractivity contribution in [1.82, 2.24) is 15.2 Å². The highest BCUT2D eigenvalue weighted by Crippen LogP contribution is 2.23. The van der Waals surface area contributed by atoms with E-state index in [0.29, 0.717) is 6.04 Å². The van der Waals surface area contributed by atoms with Crippen LogP contribution in [0.15, 0.2) is 18.5 Å². The van der Waals surface area contributed by atoms with Crippen molar-refractivity contribution in [2.24, 2.45) is 0 Å². The number of halogens is 1. The standard InChI is InChI=1S/C15H22FN3O/c1-3-18-11-4-6-12(7-5-11)19(2)15(20)13-8-9-17-10-14(13)16/h8-12,18H,3-7H2,1-2H3. The van der Waals surface area contributed by atoms with Crippen molar-refractivity contribution in [2.45, 2.75) is 44.7 Å². The highest BCUT2D eigenvalue weighted by molar-refractivity contribution is 5.94. The van der Waals surface area contributed by atoms with Crippen LogP contribution in [0.3, 0.4) is 0 Å². The van der Waals surface area contributed by atoms with Crippen LogP contribution in [0.25, 0.3) is 0 Å². The predicted octanol–water partition coefficient (Wildman–Crippen LogP) is 2.21. The van der Waals surface area contributed by atoms with Gasteiger partial charge in [0.25, 0.3) is 5.91 Å². The summed E-state index contributed by atoms with van der Waals surface area (Å²) in [5.74, 6) is -0.803. The molecule has 1 aliphatic carbocycles. The SMILES string of the molecule is CCNC1CCC(N(C)C(=O)c2ccncc2F)CC1. The van der Waals surface area contributed by atoms with Crippen LogP contribution in [0.5, 0.6) is 0 Å². The molecule has 0 unspecified atom stereocenters. The molecule has 110 valence electrons. The molecule has 1 saturated carbocycles. The monoisotopic (exact) mass is 279 g/mol. The van der Waals surface area contributed by atoms with Gasteiger partial charge in [0.1, 0.15) is 0 Å². The molecule has 1 aromatic heterocycles. The number of rotatable bonds is 4. The van der Waals surface area contributed by atoms with E-state index in [4.69, 9.17) is 0 Å². The average molecular weight is 279 g/mol. The Balaban J connectivity index is 1.97. The van der Waals surface area contributed by atoms with Crippen molar-refractivity contribution in [3.05, 3.63) is 29.8 Å². The molecule has 1 N–H and O–H groups in total. The lowest BCUT2D eigenvalue weighted by atomic mass is 9.90. The zero-order valence-corrected chi connectivity index (χ0v) is 12.1. The second-order valence-corrected chi connectivity index (χ2v) is 5.33. The fraction of sp³-hybridized carbons (Fsp3) is 0.600. The van der Waals surface area contributed by atoms with Gasteiger partial charge in [-0.25, -0.2) is 4.39 Å². The topological polar surface area (TPSA) is 45.2 Å². The van der Waals surface area contributed by atoms with E-state index in [1.54, 1.807) is 11.9 Å². The van der Waals surface area contributed by atoms with E-state index in [2.05, 4.69) is 17.2 Å². The highest BCUT2D eigenvalue weighted by atomic mass is 19.1. The second-order valence-electron chi connectivity index (χ2n) is 5.33. The molecule has 1 fully saturated rings. The smallest absolute Gasteiger partial charge is 0.256 e. The predicted molar refractivity (Wildman–Crippen MR) is 76.0 cm³/mol. The van der Waals surface area contributed by atoms with E-state index in [-0.39, 0.29) is 17.5 Å². The Kier molecular flexibility index (Phi) is 5.06. The third-order valence-corrected chi connectivity index (χ3v) is 4.06. The quantitative estimate of drug-likeness (QED) is 0.919. The van der Waals surface area contributed by atoms with Crippen LogP contribution in [0, 0.1) is 5.82 Å². The van der Waals surface area contributed by atoms with E-state index in [0.717, 1.165) is 38.4 Å². The van der Waals surface area contributed by atoms with Crippen LogP contribution in [-0.4, -0.2) is 41.5 Å². The van der Waals surface area contributed by atoms with Gasteiger partial charge in [-0.05, 0) is 38.3 Å². The summed E-state index contributed by atoms with van der Waals surface area (Å²) in [6, 6.07) is 2.20. The zero-order chi connectivity index (χ0) is 14.5. The van der Waals surface area contributed by atoms with Crippen LogP contribution in [0.1, 0.15) is 43.0 Å². The number of hydrogen-bond acceptors (Lipinski definition) is 3. The third kappa shape index (κ3) is 3.33. The lowest BCUT2D eigenvalue weighted by molar-refractivity contribution is 0.0680. The first-order chi connectivity index (χ1) is 9.63. The van der Waals surface area contributed by atoms with Crippen LogP contribution >= 0.6 is 0 Å². The van der Waals surface area contributed by atoms with E-state index in [1.165, 1.54) is 12.3 Å². The number of amides is 1. The molecule has 4 nitrogen and oxygen atoms in total. The van der Waals surface area contributed by atoms with Crippen LogP contribution < -0.4 is 5.32 Å². The van der Waals surface area contributed by atoms with E-state index < -0.39 is 5.82 Å². The van der Waals surface area contributed by atoms with Crippen molar-refractivity contribution in [1.29, 1.82) is 0 Å². The van der Waals surface area contributed by atoms with Crippen LogP contribution in [0.2, 0.25) is 0 Å². The maximum absolute atomic E-state index is 13.6. The summed E-state index contributed by atoms with van der Waals surface area (Å²) in [5.41, 5.74) is 0.108. The summed E-state index contributed by atoms with van der Waals surface area (Å²) in [7, 11) is 1.76. The van der Waals surface area contributed by atoms with E-state index in [1.807, 2.05) is 0 Å². The number of hydrogen-bond donors (Lipinski definition) is 1. The fourth-order valence-electron chi connectivity index (χ4n) is 2.86. The Morgan fingerprint density at radius 2 is 2.15 bits per heavy atom. The summed E-state index contributed by atoms with van der Waals surface area (Å²) in [6.45, 7) is 3.08. The molecule has 0 radical (unpaired) electrons. The van der Waals surface area contributed by atoms with E-state index >= 15 is 0 Å². The van der Waals surface area contributed by atoms with Crippen molar-refractivity contribution in [3.63, 3.8) is 0 Å². The minimum Gasteiger partial charge on any atom is -0.339 e. The number of aromatic nitrogens is 1. The van der Waals surface area contributed by atoms with Crippen molar-refractivity contribution >= 4 is 5.91 Å². The van der Waals surface area contributed by atoms with Crippen molar-refractivity contribution in [2.75, 3.05) is 13.6 Å². The summed E-state index contributed by atoms with van der Waals surface area (Å²) in [6.07, 6.45) is 6.60. The largest absolute Gasteiger partial charge is 0.339 e. The van der Waals surface area contributed by atoms with Gasteiger partial charge in [-0.15, -0.1) is 0 Å². The average Bonchev–Trinajstić information content (AvgIpc) is 2.47. The number of carbonyl (C=O) groups is 1. The first-order valence-electron chi connectivity index (χ1n) is 7.23. The van der Waals surface area contributed by atoms with Gasteiger partial charge in [-0.3, -0.25) is 9.78 Å². The van der Waals surface area contributed by atoms with Gasteiger partial charge >= 0.3 is 0 Å². The minimum atomic E-state index is -0.550. The minimum absolute atomic E-state index is 0.108. The third-order valence-electron chi connectivity index (χ3n) is 4.06. The summed E-state index contributed by atoms with van der Waals surface area (Å²) >= 11 is 0. The maximum Gasteiger partial charge on any atom is 0.256 e. The molecule has 0 aliphatic heterocycles. The molecule has 20 heavy (non-hydrogen) atoms. The fourth-order valence-corrected chi connectivity index (χ4v) is 2.86. The normalized spacial score (nSPS) is 22.6. The van der Waals surface area contributed by atoms with Gasteiger partial charge in [0.2, 0.25) is 0 Å². The second kappa shape index (κ2) is 6.79. The summed E-state index contributed by atoms with van der Waals surface area (Å²) in [4.78, 5) is 17.7. The van der Waals surface area contributed by atoms with Gasteiger partial charge in [-0.1, -0.05) is 6.92 Å². The number of nitrogens with one attached hydrogen (secondary N) is 1. The first kappa shape index (κ1) is 14.9. The lowest BCUT2D eigenvalue weighted by Gasteiger charge is -2.35. The number of nitrogens with zero attached hydrogens (tertiary/aromatic N) is 2. The van der Waals surface area contributed by atoms with Gasteiger partial charge in [0, 0.05) is 25.3 Å². The van der Waals surface area contributed by atoms with Gasteiger partial charge < -0.3 is 10.2 Å². The Hall–Kier alpha value is -1.49. The number of pyridine rings is 1. The van der Waals surface area contributed by atoms with Crippen LogP contribution in [-0.2, 0) is 0 Å². The summed E-state index contributed by atoms with van der Waals surface area (Å²) in [5, 5.41) is 3.44. The molecule has 0 atom stereocenters. The molecule has 0 aromatic carbocycles. The molecule has 0 spiro atoms. The molecule has 0 saturated heterocycles. The van der Waals surface area contributed by atoms with E-state index in [9.17, 15) is 9.18 Å². The number of carbonyl (C=O) groups excluding carboxylic acids is 1. The Labute approximate surface area is 119 Å². The molecule has 2 rings (SSSR count). The Morgan fingerprint density at radius 1 is 1.45 bits per heavy atom. The molecule has 1 heterocycles. The van der Waals surface area contributed by atoms with Crippen molar-refractivity contribution in [3.8, 4) is 0 Å². The Morgan fingerprint density at radius 3 is 2.75 bits per heavy atom. The van der Waals surface area contributed by atoms with Crippen LogP contribution in [0.4, 0.5) is 4.39 Å². The molecule has 1 aliphatic rings. The molecule has 0 bridgehead atoms. The maximum atomic E-state index is 13.6. The summed E-state index contributed by atoms with van der Waals surface area (Å²) < 4.78 is 13.6. The zero-order valence-electron chi connectivity index (χ0n) is 12.1. The molecule has 1 aromatic rings. The molecule has 5 heteroatoms.